The molecular formula is C15H21ClN2. The number of rotatable bonds is 3. The van der Waals surface area contributed by atoms with Crippen LogP contribution in [0.3, 0.4) is 0 Å². The lowest BCUT2D eigenvalue weighted by Crippen LogP contribution is -2.44. The molecule has 1 aromatic carbocycles. The van der Waals surface area contributed by atoms with E-state index in [2.05, 4.69) is 36.2 Å². The zero-order valence-corrected chi connectivity index (χ0v) is 11.9. The third-order valence-corrected chi connectivity index (χ3v) is 3.84. The van der Waals surface area contributed by atoms with E-state index in [1.165, 1.54) is 16.7 Å². The Morgan fingerprint density at radius 1 is 1.17 bits per heavy atom. The van der Waals surface area contributed by atoms with Crippen molar-refractivity contribution in [2.75, 3.05) is 32.7 Å². The molecule has 0 aromatic heterocycles. The smallest absolute Gasteiger partial charge is 0.0406 e. The second kappa shape index (κ2) is 6.37. The minimum Gasteiger partial charge on any atom is -0.314 e. The first-order valence-electron chi connectivity index (χ1n) is 6.52. The molecule has 1 fully saturated rings. The van der Waals surface area contributed by atoms with Gasteiger partial charge in [-0.1, -0.05) is 29.3 Å². The number of allylic oxidation sites excluding steroid dienone is 1. The van der Waals surface area contributed by atoms with Gasteiger partial charge in [0.25, 0.3) is 0 Å². The van der Waals surface area contributed by atoms with E-state index < -0.39 is 0 Å². The fourth-order valence-corrected chi connectivity index (χ4v) is 2.40. The Labute approximate surface area is 115 Å². The summed E-state index contributed by atoms with van der Waals surface area (Å²) in [6.07, 6.45) is 0. The van der Waals surface area contributed by atoms with Crippen LogP contribution in [0.5, 0.6) is 0 Å². The second-order valence-electron chi connectivity index (χ2n) is 4.94. The van der Waals surface area contributed by atoms with Crippen LogP contribution in [0.25, 0.3) is 5.57 Å². The molecule has 0 spiro atoms. The summed E-state index contributed by atoms with van der Waals surface area (Å²) in [5.74, 6) is 0. The molecular weight excluding hydrogens is 244 g/mol. The number of nitrogens with zero attached hydrogens (tertiary/aromatic N) is 1. The van der Waals surface area contributed by atoms with Crippen molar-refractivity contribution < 1.29 is 0 Å². The van der Waals surface area contributed by atoms with E-state index in [0.717, 1.165) is 37.7 Å². The molecule has 0 radical (unpaired) electrons. The number of halogens is 1. The SMILES string of the molecule is CC(CN1CCNCC1)=C(C)c1ccc(Cl)cc1. The van der Waals surface area contributed by atoms with Crippen LogP contribution in [0.1, 0.15) is 19.4 Å². The summed E-state index contributed by atoms with van der Waals surface area (Å²) in [4.78, 5) is 2.51. The van der Waals surface area contributed by atoms with Gasteiger partial charge < -0.3 is 5.32 Å². The molecule has 98 valence electrons. The Morgan fingerprint density at radius 3 is 2.39 bits per heavy atom. The minimum atomic E-state index is 0.798. The highest BCUT2D eigenvalue weighted by molar-refractivity contribution is 6.30. The third-order valence-electron chi connectivity index (χ3n) is 3.59. The highest BCUT2D eigenvalue weighted by Gasteiger charge is 2.11. The third kappa shape index (κ3) is 3.58. The van der Waals surface area contributed by atoms with Crippen LogP contribution < -0.4 is 5.32 Å². The normalized spacial score (nSPS) is 18.6. The van der Waals surface area contributed by atoms with E-state index in [9.17, 15) is 0 Å². The lowest BCUT2D eigenvalue weighted by molar-refractivity contribution is 0.260. The zero-order chi connectivity index (χ0) is 13.0. The molecule has 1 aliphatic rings. The summed E-state index contributed by atoms with van der Waals surface area (Å²) in [6, 6.07) is 8.11. The molecule has 0 aliphatic carbocycles. The Hall–Kier alpha value is -0.830. The summed E-state index contributed by atoms with van der Waals surface area (Å²) >= 11 is 5.92. The maximum atomic E-state index is 5.92. The lowest BCUT2D eigenvalue weighted by atomic mass is 10.0. The van der Waals surface area contributed by atoms with Crippen LogP contribution in [0.15, 0.2) is 29.8 Å². The van der Waals surface area contributed by atoms with Gasteiger partial charge in [-0.3, -0.25) is 4.90 Å². The number of nitrogens with one attached hydrogen (secondary N) is 1. The molecule has 3 heteroatoms. The van der Waals surface area contributed by atoms with Crippen LogP contribution >= 0.6 is 11.6 Å². The number of hydrogen-bond acceptors (Lipinski definition) is 2. The average molecular weight is 265 g/mol. The zero-order valence-electron chi connectivity index (χ0n) is 11.2. The quantitative estimate of drug-likeness (QED) is 0.903. The maximum Gasteiger partial charge on any atom is 0.0406 e. The van der Waals surface area contributed by atoms with Gasteiger partial charge in [0.15, 0.2) is 0 Å². The van der Waals surface area contributed by atoms with Gasteiger partial charge in [-0.25, -0.2) is 0 Å². The minimum absolute atomic E-state index is 0.798. The van der Waals surface area contributed by atoms with Gasteiger partial charge >= 0.3 is 0 Å². The van der Waals surface area contributed by atoms with Crippen molar-refractivity contribution >= 4 is 17.2 Å². The van der Waals surface area contributed by atoms with Gasteiger partial charge in [0, 0.05) is 37.7 Å². The molecule has 2 rings (SSSR count). The summed E-state index contributed by atoms with van der Waals surface area (Å²) < 4.78 is 0. The van der Waals surface area contributed by atoms with Crippen LogP contribution in [0.4, 0.5) is 0 Å². The maximum absolute atomic E-state index is 5.92. The number of benzene rings is 1. The number of hydrogen-bond donors (Lipinski definition) is 1. The van der Waals surface area contributed by atoms with E-state index in [-0.39, 0.29) is 0 Å². The van der Waals surface area contributed by atoms with E-state index in [1.54, 1.807) is 0 Å². The molecule has 18 heavy (non-hydrogen) atoms. The summed E-state index contributed by atoms with van der Waals surface area (Å²) in [7, 11) is 0. The molecule has 1 aromatic rings. The average Bonchev–Trinajstić information content (AvgIpc) is 2.40. The summed E-state index contributed by atoms with van der Waals surface area (Å²) in [5.41, 5.74) is 4.08. The molecule has 1 saturated heterocycles. The van der Waals surface area contributed by atoms with Crippen molar-refractivity contribution in [1.29, 1.82) is 0 Å². The van der Waals surface area contributed by atoms with Crippen LogP contribution in [-0.2, 0) is 0 Å². The molecule has 1 N–H and O–H groups in total. The van der Waals surface area contributed by atoms with Crippen LogP contribution in [0, 0.1) is 0 Å². The van der Waals surface area contributed by atoms with Gasteiger partial charge in [-0.15, -0.1) is 0 Å². The van der Waals surface area contributed by atoms with Crippen molar-refractivity contribution in [1.82, 2.24) is 10.2 Å². The fourth-order valence-electron chi connectivity index (χ4n) is 2.27. The highest BCUT2D eigenvalue weighted by atomic mass is 35.5. The molecule has 0 unspecified atom stereocenters. The number of piperazine rings is 1. The van der Waals surface area contributed by atoms with Gasteiger partial charge in [-0.2, -0.15) is 0 Å². The summed E-state index contributed by atoms with van der Waals surface area (Å²) in [5, 5.41) is 4.18. The van der Waals surface area contributed by atoms with Gasteiger partial charge in [-0.05, 0) is 37.1 Å². The van der Waals surface area contributed by atoms with Crippen molar-refractivity contribution in [2.24, 2.45) is 0 Å². The first-order chi connectivity index (χ1) is 8.66. The Morgan fingerprint density at radius 2 is 1.78 bits per heavy atom. The van der Waals surface area contributed by atoms with Gasteiger partial charge in [0.1, 0.15) is 0 Å². The molecule has 0 bridgehead atoms. The molecule has 0 saturated carbocycles. The van der Waals surface area contributed by atoms with E-state index in [4.69, 9.17) is 11.6 Å². The second-order valence-corrected chi connectivity index (χ2v) is 5.37. The molecule has 1 aliphatic heterocycles. The van der Waals surface area contributed by atoms with Gasteiger partial charge in [0.2, 0.25) is 0 Å². The van der Waals surface area contributed by atoms with E-state index in [0.29, 0.717) is 0 Å². The molecule has 1 heterocycles. The monoisotopic (exact) mass is 264 g/mol. The Kier molecular flexibility index (Phi) is 4.81. The largest absolute Gasteiger partial charge is 0.314 e. The van der Waals surface area contributed by atoms with Crippen LogP contribution in [0.2, 0.25) is 5.02 Å². The molecule has 0 atom stereocenters. The Balaban J connectivity index is 2.06. The predicted octanol–water partition coefficient (Wildman–Crippen LogP) is 3.04. The highest BCUT2D eigenvalue weighted by Crippen LogP contribution is 2.20. The first kappa shape index (κ1) is 13.6. The van der Waals surface area contributed by atoms with Crippen molar-refractivity contribution in [3.63, 3.8) is 0 Å². The van der Waals surface area contributed by atoms with Crippen molar-refractivity contribution in [3.05, 3.63) is 40.4 Å². The fraction of sp³-hybridized carbons (Fsp3) is 0.467. The summed E-state index contributed by atoms with van der Waals surface area (Å²) in [6.45, 7) is 9.99. The topological polar surface area (TPSA) is 15.3 Å². The van der Waals surface area contributed by atoms with E-state index in [1.807, 2.05) is 12.1 Å². The van der Waals surface area contributed by atoms with Crippen molar-refractivity contribution in [2.45, 2.75) is 13.8 Å². The van der Waals surface area contributed by atoms with Crippen LogP contribution in [-0.4, -0.2) is 37.6 Å². The molecule has 0 amide bonds. The standard InChI is InChI=1S/C15H21ClN2/c1-12(11-18-9-7-17-8-10-18)13(2)14-3-5-15(16)6-4-14/h3-6,17H,7-11H2,1-2H3. The molecule has 2 nitrogen and oxygen atoms in total. The lowest BCUT2D eigenvalue weighted by Gasteiger charge is -2.28. The van der Waals surface area contributed by atoms with Crippen molar-refractivity contribution in [3.8, 4) is 0 Å². The van der Waals surface area contributed by atoms with Gasteiger partial charge in [0.05, 0.1) is 0 Å². The van der Waals surface area contributed by atoms with E-state index >= 15 is 0 Å². The first-order valence-corrected chi connectivity index (χ1v) is 6.90. The Bertz CT molecular complexity index is 417. The predicted molar refractivity (Wildman–Crippen MR) is 79.0 cm³/mol.